The molecule has 1 aromatic heterocycles. The molecule has 9 heteroatoms. The molecule has 3 fully saturated rings. The van der Waals surface area contributed by atoms with Crippen molar-refractivity contribution >= 4 is 23.7 Å². The summed E-state index contributed by atoms with van der Waals surface area (Å²) in [6.45, 7) is 9.31. The van der Waals surface area contributed by atoms with E-state index >= 15 is 0 Å². The predicted molar refractivity (Wildman–Crippen MR) is 121 cm³/mol. The molecule has 1 saturated carbocycles. The van der Waals surface area contributed by atoms with Gasteiger partial charge in [0.1, 0.15) is 17.9 Å². The van der Waals surface area contributed by atoms with Gasteiger partial charge in [0.25, 0.3) is 5.91 Å². The molecule has 1 aromatic rings. The lowest BCUT2D eigenvalue weighted by Crippen LogP contribution is -2.54. The summed E-state index contributed by atoms with van der Waals surface area (Å²) in [4.78, 5) is 48.2. The maximum Gasteiger partial charge on any atom is 0.325 e. The molecule has 9 nitrogen and oxygen atoms in total. The third-order valence-electron chi connectivity index (χ3n) is 7.25. The number of anilines is 1. The number of rotatable bonds is 6. The number of piperazine rings is 1. The number of pyridine rings is 1. The number of aromatic nitrogens is 1. The minimum atomic E-state index is -0.835. The summed E-state index contributed by atoms with van der Waals surface area (Å²) < 4.78 is 0. The Balaban J connectivity index is 1.28. The Kier molecular flexibility index (Phi) is 6.64. The molecule has 3 heterocycles. The summed E-state index contributed by atoms with van der Waals surface area (Å²) in [5.74, 6) is 0.408. The first kappa shape index (κ1) is 22.5. The molecule has 0 bridgehead atoms. The van der Waals surface area contributed by atoms with E-state index in [1.807, 2.05) is 19.1 Å². The number of carbonyl (C=O) groups is 3. The number of carbonyl (C=O) groups excluding carboxylic acids is 3. The van der Waals surface area contributed by atoms with Crippen LogP contribution in [0.5, 0.6) is 0 Å². The van der Waals surface area contributed by atoms with E-state index in [4.69, 9.17) is 0 Å². The zero-order chi connectivity index (χ0) is 22.7. The van der Waals surface area contributed by atoms with Gasteiger partial charge < -0.3 is 20.4 Å². The summed E-state index contributed by atoms with van der Waals surface area (Å²) in [6.07, 6.45) is 5.29. The molecule has 1 aliphatic carbocycles. The van der Waals surface area contributed by atoms with E-state index in [2.05, 4.69) is 32.3 Å². The average molecular weight is 443 g/mol. The monoisotopic (exact) mass is 442 g/mol. The molecule has 4 amide bonds. The number of amides is 4. The number of nitrogens with one attached hydrogen (secondary N) is 2. The van der Waals surface area contributed by atoms with Crippen LogP contribution < -0.4 is 15.5 Å². The molecular formula is C23H34N6O3. The maximum atomic E-state index is 13.0. The first-order chi connectivity index (χ1) is 15.4. The molecule has 2 aliphatic heterocycles. The number of nitrogens with zero attached hydrogens (tertiary/aromatic N) is 4. The second-order valence-corrected chi connectivity index (χ2v) is 9.16. The van der Waals surface area contributed by atoms with Crippen molar-refractivity contribution < 1.29 is 14.4 Å². The third kappa shape index (κ3) is 4.44. The van der Waals surface area contributed by atoms with E-state index in [1.54, 1.807) is 6.20 Å². The van der Waals surface area contributed by atoms with Crippen molar-refractivity contribution in [1.29, 1.82) is 0 Å². The van der Waals surface area contributed by atoms with Gasteiger partial charge in [-0.2, -0.15) is 0 Å². The van der Waals surface area contributed by atoms with Crippen molar-refractivity contribution in [2.75, 3.05) is 44.2 Å². The van der Waals surface area contributed by atoms with Crippen LogP contribution in [0.2, 0.25) is 0 Å². The van der Waals surface area contributed by atoms with Crippen molar-refractivity contribution in [3.8, 4) is 0 Å². The average Bonchev–Trinajstić information content (AvgIpc) is 3.05. The van der Waals surface area contributed by atoms with Gasteiger partial charge in [0, 0.05) is 38.9 Å². The van der Waals surface area contributed by atoms with Crippen molar-refractivity contribution in [3.05, 3.63) is 23.9 Å². The van der Waals surface area contributed by atoms with Crippen LogP contribution in [0.3, 0.4) is 0 Å². The fourth-order valence-electron chi connectivity index (χ4n) is 5.04. The van der Waals surface area contributed by atoms with Gasteiger partial charge in [-0.1, -0.05) is 32.8 Å². The van der Waals surface area contributed by atoms with Gasteiger partial charge in [0.15, 0.2) is 0 Å². The second-order valence-electron chi connectivity index (χ2n) is 9.16. The highest BCUT2D eigenvalue weighted by atomic mass is 16.2. The minimum Gasteiger partial charge on any atom is -0.354 e. The van der Waals surface area contributed by atoms with E-state index in [0.29, 0.717) is 13.0 Å². The molecule has 2 saturated heterocycles. The Morgan fingerprint density at radius 2 is 2.00 bits per heavy atom. The van der Waals surface area contributed by atoms with Crippen LogP contribution in [-0.4, -0.2) is 77.4 Å². The van der Waals surface area contributed by atoms with E-state index < -0.39 is 11.6 Å². The van der Waals surface area contributed by atoms with Gasteiger partial charge in [0.2, 0.25) is 5.91 Å². The highest BCUT2D eigenvalue weighted by Crippen LogP contribution is 2.38. The molecule has 2 N–H and O–H groups in total. The van der Waals surface area contributed by atoms with E-state index in [-0.39, 0.29) is 24.3 Å². The van der Waals surface area contributed by atoms with Crippen molar-refractivity contribution in [2.24, 2.45) is 5.92 Å². The third-order valence-corrected chi connectivity index (χ3v) is 7.25. The standard InChI is InChI=1S/C23H34N6O3/c1-3-27-10-12-28(13-11-27)19-8-7-18(14-24-19)15-25-20(30)16-29-21(31)23(26-22(29)32)9-5-4-6-17(23)2/h7-8,14,17H,3-6,9-13,15-16H2,1-2H3,(H,25,30)(H,26,32). The molecule has 3 aliphatic rings. The Morgan fingerprint density at radius 1 is 1.22 bits per heavy atom. The van der Waals surface area contributed by atoms with E-state index in [0.717, 1.165) is 68.3 Å². The number of likely N-dealkylation sites (N-methyl/N-ethyl adjacent to an activating group) is 1. The largest absolute Gasteiger partial charge is 0.354 e. The highest BCUT2D eigenvalue weighted by Gasteiger charge is 2.55. The van der Waals surface area contributed by atoms with Crippen LogP contribution in [-0.2, 0) is 16.1 Å². The zero-order valence-corrected chi connectivity index (χ0v) is 19.1. The summed E-state index contributed by atoms with van der Waals surface area (Å²) in [6, 6.07) is 3.48. The lowest BCUT2D eigenvalue weighted by Gasteiger charge is -2.36. The molecule has 2 unspecified atom stereocenters. The molecule has 32 heavy (non-hydrogen) atoms. The van der Waals surface area contributed by atoms with Gasteiger partial charge in [-0.3, -0.25) is 14.5 Å². The normalized spacial score (nSPS) is 26.5. The Bertz CT molecular complexity index is 852. The quantitative estimate of drug-likeness (QED) is 0.646. The van der Waals surface area contributed by atoms with Crippen molar-refractivity contribution in [1.82, 2.24) is 25.4 Å². The van der Waals surface area contributed by atoms with Crippen LogP contribution >= 0.6 is 0 Å². The van der Waals surface area contributed by atoms with Crippen LogP contribution in [0.25, 0.3) is 0 Å². The van der Waals surface area contributed by atoms with Crippen LogP contribution in [0.15, 0.2) is 18.3 Å². The van der Waals surface area contributed by atoms with Gasteiger partial charge >= 0.3 is 6.03 Å². The Labute approximate surface area is 189 Å². The number of hydrogen-bond acceptors (Lipinski definition) is 6. The number of urea groups is 1. The smallest absolute Gasteiger partial charge is 0.325 e. The van der Waals surface area contributed by atoms with Gasteiger partial charge in [-0.15, -0.1) is 0 Å². The Morgan fingerprint density at radius 3 is 2.66 bits per heavy atom. The minimum absolute atomic E-state index is 0.0790. The maximum absolute atomic E-state index is 13.0. The fourth-order valence-corrected chi connectivity index (χ4v) is 5.04. The van der Waals surface area contributed by atoms with Gasteiger partial charge in [-0.05, 0) is 36.9 Å². The Hall–Kier alpha value is -2.68. The topological polar surface area (TPSA) is 97.9 Å². The van der Waals surface area contributed by atoms with Crippen LogP contribution in [0, 0.1) is 5.92 Å². The molecule has 1 spiro atoms. The van der Waals surface area contributed by atoms with Gasteiger partial charge in [0.05, 0.1) is 0 Å². The lowest BCUT2D eigenvalue weighted by molar-refractivity contribution is -0.137. The SMILES string of the molecule is CCN1CCN(c2ccc(CNC(=O)CN3C(=O)NC4(CCCCC4C)C3=O)cn2)CC1. The highest BCUT2D eigenvalue weighted by molar-refractivity contribution is 6.09. The van der Waals surface area contributed by atoms with Gasteiger partial charge in [-0.25, -0.2) is 9.78 Å². The first-order valence-corrected chi connectivity index (χ1v) is 11.8. The van der Waals surface area contributed by atoms with Crippen LogP contribution in [0.1, 0.15) is 45.1 Å². The lowest BCUT2D eigenvalue weighted by atomic mass is 9.73. The molecule has 0 aromatic carbocycles. The molecule has 174 valence electrons. The van der Waals surface area contributed by atoms with Crippen molar-refractivity contribution in [2.45, 2.75) is 51.6 Å². The molecule has 4 rings (SSSR count). The molecule has 2 atom stereocenters. The summed E-state index contributed by atoms with van der Waals surface area (Å²) >= 11 is 0. The fraction of sp³-hybridized carbons (Fsp3) is 0.652. The number of imide groups is 1. The number of hydrogen-bond donors (Lipinski definition) is 2. The summed E-state index contributed by atoms with van der Waals surface area (Å²) in [7, 11) is 0. The van der Waals surface area contributed by atoms with E-state index in [9.17, 15) is 14.4 Å². The van der Waals surface area contributed by atoms with Crippen molar-refractivity contribution in [3.63, 3.8) is 0 Å². The first-order valence-electron chi connectivity index (χ1n) is 11.8. The molecular weight excluding hydrogens is 408 g/mol. The zero-order valence-electron chi connectivity index (χ0n) is 19.1. The van der Waals surface area contributed by atoms with Crippen LogP contribution in [0.4, 0.5) is 10.6 Å². The predicted octanol–water partition coefficient (Wildman–Crippen LogP) is 1.34. The molecule has 0 radical (unpaired) electrons. The van der Waals surface area contributed by atoms with E-state index in [1.165, 1.54) is 0 Å². The second kappa shape index (κ2) is 9.44. The summed E-state index contributed by atoms with van der Waals surface area (Å²) in [5.41, 5.74) is 0.0432. The summed E-state index contributed by atoms with van der Waals surface area (Å²) in [5, 5.41) is 5.69.